The predicted octanol–water partition coefficient (Wildman–Crippen LogP) is 1.43. The van der Waals surface area contributed by atoms with E-state index >= 15 is 0 Å². The second-order valence-corrected chi connectivity index (χ2v) is 4.61. The lowest BCUT2D eigenvalue weighted by Gasteiger charge is -2.29. The molecule has 1 fully saturated rings. The number of hydrogen-bond acceptors (Lipinski definition) is 3. The summed E-state index contributed by atoms with van der Waals surface area (Å²) in [6, 6.07) is 0.272. The summed E-state index contributed by atoms with van der Waals surface area (Å²) >= 11 is 0. The van der Waals surface area contributed by atoms with Crippen molar-refractivity contribution in [3.05, 3.63) is 0 Å². The van der Waals surface area contributed by atoms with Gasteiger partial charge in [0.15, 0.2) is 0 Å². The lowest BCUT2D eigenvalue weighted by atomic mass is 9.99. The van der Waals surface area contributed by atoms with Gasteiger partial charge >= 0.3 is 0 Å². The number of amidine groups is 1. The van der Waals surface area contributed by atoms with Gasteiger partial charge in [0.1, 0.15) is 5.84 Å². The molecule has 1 aliphatic carbocycles. The van der Waals surface area contributed by atoms with Gasteiger partial charge in [-0.25, -0.2) is 0 Å². The van der Waals surface area contributed by atoms with Crippen LogP contribution in [0.2, 0.25) is 0 Å². The van der Waals surface area contributed by atoms with Gasteiger partial charge in [0.25, 0.3) is 0 Å². The Morgan fingerprint density at radius 3 is 2.64 bits per heavy atom. The zero-order chi connectivity index (χ0) is 10.6. The van der Waals surface area contributed by atoms with Gasteiger partial charge in [0.05, 0.1) is 0 Å². The van der Waals surface area contributed by atoms with Crippen LogP contribution in [0.5, 0.6) is 0 Å². The highest BCUT2D eigenvalue weighted by atomic mass is 16.4. The molecule has 4 nitrogen and oxygen atoms in total. The third-order valence-electron chi connectivity index (χ3n) is 2.95. The molecule has 1 saturated carbocycles. The van der Waals surface area contributed by atoms with Crippen LogP contribution in [0.3, 0.4) is 0 Å². The molecule has 1 unspecified atom stereocenters. The van der Waals surface area contributed by atoms with E-state index in [1.165, 1.54) is 25.7 Å². The third-order valence-corrected chi connectivity index (χ3v) is 2.95. The maximum absolute atomic E-state index is 8.44. The molecule has 14 heavy (non-hydrogen) atoms. The first kappa shape index (κ1) is 11.3. The molecule has 0 aromatic carbocycles. The van der Waals surface area contributed by atoms with Crippen LogP contribution in [0, 0.1) is 0 Å². The average Bonchev–Trinajstić information content (AvgIpc) is 2.51. The Morgan fingerprint density at radius 1 is 1.57 bits per heavy atom. The van der Waals surface area contributed by atoms with Gasteiger partial charge in [-0.1, -0.05) is 18.0 Å². The Labute approximate surface area is 85.6 Å². The second kappa shape index (κ2) is 4.64. The molecule has 0 aliphatic heterocycles. The zero-order valence-electron chi connectivity index (χ0n) is 9.08. The molecule has 0 amide bonds. The van der Waals surface area contributed by atoms with Gasteiger partial charge in [-0.05, 0) is 26.7 Å². The predicted molar refractivity (Wildman–Crippen MR) is 57.5 cm³/mol. The maximum atomic E-state index is 8.44. The molecule has 82 valence electrons. The van der Waals surface area contributed by atoms with Gasteiger partial charge < -0.3 is 16.3 Å². The number of nitrogens with two attached hydrogens (primary N) is 1. The fourth-order valence-electron chi connectivity index (χ4n) is 2.30. The maximum Gasteiger partial charge on any atom is 0.140 e. The molecule has 0 aromatic heterocycles. The summed E-state index contributed by atoms with van der Waals surface area (Å²) in [7, 11) is 0. The summed E-state index contributed by atoms with van der Waals surface area (Å²) in [5, 5.41) is 15.0. The quantitative estimate of drug-likeness (QED) is 0.278. The Hall–Kier alpha value is -0.770. The molecule has 1 atom stereocenters. The van der Waals surface area contributed by atoms with E-state index in [0.29, 0.717) is 12.3 Å². The zero-order valence-corrected chi connectivity index (χ0v) is 9.08. The van der Waals surface area contributed by atoms with E-state index in [1.807, 2.05) is 0 Å². The number of rotatable bonds is 4. The molecule has 0 saturated heterocycles. The lowest BCUT2D eigenvalue weighted by molar-refractivity contribution is 0.308. The molecule has 0 aromatic rings. The van der Waals surface area contributed by atoms with Gasteiger partial charge in [-0.15, -0.1) is 0 Å². The van der Waals surface area contributed by atoms with E-state index in [1.54, 1.807) is 0 Å². The third kappa shape index (κ3) is 3.18. The molecular weight excluding hydrogens is 178 g/mol. The van der Waals surface area contributed by atoms with E-state index in [9.17, 15) is 0 Å². The van der Waals surface area contributed by atoms with Crippen LogP contribution in [-0.4, -0.2) is 22.6 Å². The fraction of sp³-hybridized carbons (Fsp3) is 0.900. The largest absolute Gasteiger partial charge is 0.409 e. The first-order valence-corrected chi connectivity index (χ1v) is 5.30. The average molecular weight is 199 g/mol. The van der Waals surface area contributed by atoms with Crippen molar-refractivity contribution in [2.24, 2.45) is 10.9 Å². The highest BCUT2D eigenvalue weighted by Crippen LogP contribution is 2.29. The van der Waals surface area contributed by atoms with Crippen molar-refractivity contribution in [2.45, 2.75) is 57.5 Å². The van der Waals surface area contributed by atoms with Crippen LogP contribution in [0.15, 0.2) is 5.16 Å². The second-order valence-electron chi connectivity index (χ2n) is 4.61. The minimum atomic E-state index is 0.259. The normalized spacial score (nSPS) is 23.7. The van der Waals surface area contributed by atoms with Gasteiger partial charge in [0.2, 0.25) is 0 Å². The smallest absolute Gasteiger partial charge is 0.140 e. The van der Waals surface area contributed by atoms with E-state index in [0.717, 1.165) is 0 Å². The number of nitrogens with one attached hydrogen (secondary N) is 1. The van der Waals surface area contributed by atoms with Crippen molar-refractivity contribution in [2.75, 3.05) is 0 Å². The van der Waals surface area contributed by atoms with Crippen LogP contribution in [0.25, 0.3) is 0 Å². The minimum absolute atomic E-state index is 0.259. The van der Waals surface area contributed by atoms with Crippen molar-refractivity contribution in [1.29, 1.82) is 0 Å². The highest BCUT2D eigenvalue weighted by Gasteiger charge is 2.29. The molecule has 1 rings (SSSR count). The summed E-state index contributed by atoms with van der Waals surface area (Å²) in [5.74, 6) is 0.298. The topological polar surface area (TPSA) is 70.6 Å². The van der Waals surface area contributed by atoms with Gasteiger partial charge in [-0.2, -0.15) is 0 Å². The minimum Gasteiger partial charge on any atom is -0.409 e. The molecule has 0 radical (unpaired) electrons. The van der Waals surface area contributed by atoms with E-state index in [2.05, 4.69) is 24.3 Å². The fourth-order valence-corrected chi connectivity index (χ4v) is 2.30. The van der Waals surface area contributed by atoms with E-state index in [-0.39, 0.29) is 11.6 Å². The summed E-state index contributed by atoms with van der Waals surface area (Å²) in [5.41, 5.74) is 5.71. The Morgan fingerprint density at radius 2 is 2.14 bits per heavy atom. The number of nitrogens with zero attached hydrogens (tertiary/aromatic N) is 1. The van der Waals surface area contributed by atoms with Crippen LogP contribution < -0.4 is 11.1 Å². The summed E-state index contributed by atoms with van der Waals surface area (Å²) in [6.45, 7) is 4.32. The molecule has 0 spiro atoms. The molecular formula is C10H21N3O. The van der Waals surface area contributed by atoms with Crippen LogP contribution in [-0.2, 0) is 0 Å². The Bertz CT molecular complexity index is 209. The number of hydrogen-bond donors (Lipinski definition) is 3. The lowest BCUT2D eigenvalue weighted by Crippen LogP contribution is -2.46. The summed E-state index contributed by atoms with van der Waals surface area (Å²) in [6.07, 6.45) is 5.67. The van der Waals surface area contributed by atoms with Crippen molar-refractivity contribution in [3.8, 4) is 0 Å². The van der Waals surface area contributed by atoms with Crippen molar-refractivity contribution in [3.63, 3.8) is 0 Å². The standard InChI is InChI=1S/C10H21N3O/c1-8(7-9(11)13-14)12-10(2)5-3-4-6-10/h8,12,14H,3-7H2,1-2H3,(H2,11,13). The van der Waals surface area contributed by atoms with Gasteiger partial charge in [-0.3, -0.25) is 0 Å². The van der Waals surface area contributed by atoms with Crippen molar-refractivity contribution >= 4 is 5.84 Å². The molecule has 0 bridgehead atoms. The van der Waals surface area contributed by atoms with Crippen molar-refractivity contribution < 1.29 is 5.21 Å². The van der Waals surface area contributed by atoms with Crippen LogP contribution in [0.1, 0.15) is 46.0 Å². The highest BCUT2D eigenvalue weighted by molar-refractivity contribution is 5.80. The first-order valence-electron chi connectivity index (χ1n) is 5.30. The molecule has 1 aliphatic rings. The first-order chi connectivity index (χ1) is 6.56. The summed E-state index contributed by atoms with van der Waals surface area (Å²) < 4.78 is 0. The number of oxime groups is 1. The van der Waals surface area contributed by atoms with Gasteiger partial charge in [0, 0.05) is 18.0 Å². The Kier molecular flexibility index (Phi) is 3.75. The molecule has 4 heteroatoms. The SMILES string of the molecule is CC(CC(N)=NO)NC1(C)CCCC1. The molecule has 4 N–H and O–H groups in total. The molecule has 0 heterocycles. The van der Waals surface area contributed by atoms with E-state index in [4.69, 9.17) is 10.9 Å². The Balaban J connectivity index is 2.36. The van der Waals surface area contributed by atoms with Crippen LogP contribution in [0.4, 0.5) is 0 Å². The van der Waals surface area contributed by atoms with E-state index < -0.39 is 0 Å². The van der Waals surface area contributed by atoms with Crippen LogP contribution >= 0.6 is 0 Å². The van der Waals surface area contributed by atoms with Crippen molar-refractivity contribution in [1.82, 2.24) is 5.32 Å². The monoisotopic (exact) mass is 199 g/mol. The summed E-state index contributed by atoms with van der Waals surface area (Å²) in [4.78, 5) is 0.